The van der Waals surface area contributed by atoms with Gasteiger partial charge in [-0.3, -0.25) is 9.29 Å². The van der Waals surface area contributed by atoms with Gasteiger partial charge < -0.3 is 5.11 Å². The highest BCUT2D eigenvalue weighted by molar-refractivity contribution is 7.92. The van der Waals surface area contributed by atoms with Crippen molar-refractivity contribution in [3.63, 3.8) is 0 Å². The lowest BCUT2D eigenvalue weighted by Gasteiger charge is -2.22. The summed E-state index contributed by atoms with van der Waals surface area (Å²) in [6.07, 6.45) is 1.30. The molecule has 0 aliphatic carbocycles. The number of para-hydroxylation sites is 1. The maximum atomic E-state index is 12.8. The molecule has 6 nitrogen and oxygen atoms in total. The molecule has 0 saturated heterocycles. The average Bonchev–Trinajstić information content (AvgIpc) is 2.53. The van der Waals surface area contributed by atoms with Gasteiger partial charge in [0, 0.05) is 24.4 Å². The van der Waals surface area contributed by atoms with Crippen LogP contribution in [0.2, 0.25) is 0 Å². The van der Waals surface area contributed by atoms with Crippen LogP contribution >= 0.6 is 0 Å². The summed E-state index contributed by atoms with van der Waals surface area (Å²) in [5.41, 5.74) is 0.604. The molecule has 24 heavy (non-hydrogen) atoms. The second-order valence-corrected chi connectivity index (χ2v) is 8.39. The van der Waals surface area contributed by atoms with Crippen molar-refractivity contribution >= 4 is 21.7 Å². The quantitative estimate of drug-likeness (QED) is 0.918. The number of hydrogen-bond acceptors (Lipinski definition) is 4. The molecule has 128 valence electrons. The van der Waals surface area contributed by atoms with Crippen LogP contribution in [-0.2, 0) is 15.4 Å². The van der Waals surface area contributed by atoms with Crippen molar-refractivity contribution in [3.05, 3.63) is 53.9 Å². The molecule has 1 N–H and O–H groups in total. The van der Waals surface area contributed by atoms with E-state index in [1.165, 1.54) is 31.4 Å². The maximum Gasteiger partial charge on any atom is 0.337 e. The van der Waals surface area contributed by atoms with Crippen molar-refractivity contribution in [1.82, 2.24) is 4.98 Å². The Labute approximate surface area is 141 Å². The average molecular weight is 348 g/mol. The van der Waals surface area contributed by atoms with E-state index in [2.05, 4.69) is 4.98 Å². The minimum absolute atomic E-state index is 0.0122. The van der Waals surface area contributed by atoms with Crippen molar-refractivity contribution in [2.75, 3.05) is 11.4 Å². The van der Waals surface area contributed by atoms with Crippen LogP contribution in [0.1, 0.15) is 36.8 Å². The lowest BCUT2D eigenvalue weighted by molar-refractivity contribution is 0.0698. The van der Waals surface area contributed by atoms with Crippen LogP contribution in [0, 0.1) is 0 Å². The molecule has 2 aromatic rings. The molecule has 1 aromatic heterocycles. The van der Waals surface area contributed by atoms with Crippen LogP contribution in [0.3, 0.4) is 0 Å². The summed E-state index contributed by atoms with van der Waals surface area (Å²) in [6, 6.07) is 9.12. The Balaban J connectivity index is 2.46. The predicted molar refractivity (Wildman–Crippen MR) is 91.9 cm³/mol. The molecule has 1 heterocycles. The summed E-state index contributed by atoms with van der Waals surface area (Å²) in [5.74, 6) is -1.19. The van der Waals surface area contributed by atoms with Gasteiger partial charge in [0.1, 0.15) is 4.90 Å². The molecule has 0 unspecified atom stereocenters. The van der Waals surface area contributed by atoms with E-state index in [9.17, 15) is 18.3 Å². The fraction of sp³-hybridized carbons (Fsp3) is 0.294. The monoisotopic (exact) mass is 348 g/mol. The smallest absolute Gasteiger partial charge is 0.337 e. The molecule has 0 aliphatic rings. The SMILES string of the molecule is CN(c1ccccc1C(=O)O)S(=O)(=O)c1ccc(C(C)(C)C)nc1. The van der Waals surface area contributed by atoms with Gasteiger partial charge in [0.2, 0.25) is 0 Å². The molecule has 0 saturated carbocycles. The first-order valence-corrected chi connectivity index (χ1v) is 8.77. The van der Waals surface area contributed by atoms with Gasteiger partial charge in [-0.05, 0) is 24.3 Å². The van der Waals surface area contributed by atoms with Gasteiger partial charge in [-0.15, -0.1) is 0 Å². The third kappa shape index (κ3) is 3.41. The molecule has 0 spiro atoms. The van der Waals surface area contributed by atoms with E-state index in [1.807, 2.05) is 20.8 Å². The predicted octanol–water partition coefficient (Wildman–Crippen LogP) is 2.90. The summed E-state index contributed by atoms with van der Waals surface area (Å²) in [7, 11) is -2.57. The van der Waals surface area contributed by atoms with E-state index in [0.717, 1.165) is 10.00 Å². The zero-order valence-electron chi connectivity index (χ0n) is 14.0. The Morgan fingerprint density at radius 2 is 1.75 bits per heavy atom. The molecular formula is C17H20N2O4S. The Kier molecular flexibility index (Phi) is 4.66. The van der Waals surface area contributed by atoms with E-state index >= 15 is 0 Å². The van der Waals surface area contributed by atoms with Gasteiger partial charge in [0.25, 0.3) is 10.0 Å². The third-order valence-corrected chi connectivity index (χ3v) is 5.39. The Morgan fingerprint density at radius 3 is 2.25 bits per heavy atom. The molecule has 0 radical (unpaired) electrons. The van der Waals surface area contributed by atoms with Crippen molar-refractivity contribution in [2.24, 2.45) is 0 Å². The highest BCUT2D eigenvalue weighted by atomic mass is 32.2. The van der Waals surface area contributed by atoms with Gasteiger partial charge >= 0.3 is 5.97 Å². The lowest BCUT2D eigenvalue weighted by Crippen LogP contribution is -2.28. The minimum Gasteiger partial charge on any atom is -0.478 e. The van der Waals surface area contributed by atoms with Crippen molar-refractivity contribution < 1.29 is 18.3 Å². The number of nitrogens with zero attached hydrogens (tertiary/aromatic N) is 2. The highest BCUT2D eigenvalue weighted by Gasteiger charge is 2.26. The van der Waals surface area contributed by atoms with Gasteiger partial charge in [0.05, 0.1) is 11.3 Å². The number of carboxylic acid groups (broad SMARTS) is 1. The summed E-state index contributed by atoms with van der Waals surface area (Å²) in [6.45, 7) is 5.95. The Bertz CT molecular complexity index is 853. The largest absolute Gasteiger partial charge is 0.478 e. The van der Waals surface area contributed by atoms with E-state index in [-0.39, 0.29) is 21.6 Å². The summed E-state index contributed by atoms with van der Waals surface area (Å²) >= 11 is 0. The third-order valence-electron chi connectivity index (χ3n) is 3.64. The Morgan fingerprint density at radius 1 is 1.12 bits per heavy atom. The first kappa shape index (κ1) is 17.9. The van der Waals surface area contributed by atoms with E-state index in [4.69, 9.17) is 0 Å². The number of aromatic nitrogens is 1. The molecule has 0 fully saturated rings. The van der Waals surface area contributed by atoms with Crippen LogP contribution < -0.4 is 4.31 Å². The molecule has 0 bridgehead atoms. The number of benzene rings is 1. The topological polar surface area (TPSA) is 87.6 Å². The molecule has 0 amide bonds. The second kappa shape index (κ2) is 6.24. The van der Waals surface area contributed by atoms with E-state index in [0.29, 0.717) is 0 Å². The first-order valence-electron chi connectivity index (χ1n) is 7.33. The number of anilines is 1. The number of aromatic carboxylic acids is 1. The van der Waals surface area contributed by atoms with Crippen molar-refractivity contribution in [1.29, 1.82) is 0 Å². The van der Waals surface area contributed by atoms with E-state index < -0.39 is 16.0 Å². The summed E-state index contributed by atoms with van der Waals surface area (Å²) < 4.78 is 26.5. The zero-order valence-corrected chi connectivity index (χ0v) is 14.8. The van der Waals surface area contributed by atoms with Gasteiger partial charge in [-0.2, -0.15) is 0 Å². The number of pyridine rings is 1. The number of carboxylic acids is 1. The van der Waals surface area contributed by atoms with Crippen molar-refractivity contribution in [3.8, 4) is 0 Å². The molecular weight excluding hydrogens is 328 g/mol. The molecule has 1 aromatic carbocycles. The second-order valence-electron chi connectivity index (χ2n) is 6.42. The molecule has 0 atom stereocenters. The summed E-state index contributed by atoms with van der Waals surface area (Å²) in [5, 5.41) is 9.24. The first-order chi connectivity index (χ1) is 11.0. The minimum atomic E-state index is -3.90. The maximum absolute atomic E-state index is 12.8. The van der Waals surface area contributed by atoms with Crippen LogP contribution in [-0.4, -0.2) is 31.5 Å². The fourth-order valence-corrected chi connectivity index (χ4v) is 3.35. The number of hydrogen-bond donors (Lipinski definition) is 1. The van der Waals surface area contributed by atoms with Crippen LogP contribution in [0.5, 0.6) is 0 Å². The van der Waals surface area contributed by atoms with Gasteiger partial charge in [0.15, 0.2) is 0 Å². The number of rotatable bonds is 4. The standard InChI is InChI=1S/C17H20N2O4S/c1-17(2,3)15-10-9-12(11-18-15)24(22,23)19(4)14-8-6-5-7-13(14)16(20)21/h5-11H,1-4H3,(H,20,21). The van der Waals surface area contributed by atoms with Gasteiger partial charge in [-0.25, -0.2) is 13.2 Å². The molecule has 7 heteroatoms. The fourth-order valence-electron chi connectivity index (χ4n) is 2.19. The number of sulfonamides is 1. The van der Waals surface area contributed by atoms with Crippen LogP contribution in [0.15, 0.2) is 47.5 Å². The van der Waals surface area contributed by atoms with Gasteiger partial charge in [-0.1, -0.05) is 32.9 Å². The van der Waals surface area contributed by atoms with Crippen molar-refractivity contribution in [2.45, 2.75) is 31.1 Å². The molecule has 0 aliphatic heterocycles. The summed E-state index contributed by atoms with van der Waals surface area (Å²) in [4.78, 5) is 15.6. The zero-order chi connectivity index (χ0) is 18.1. The number of carbonyl (C=O) groups is 1. The van der Waals surface area contributed by atoms with Crippen LogP contribution in [0.25, 0.3) is 0 Å². The highest BCUT2D eigenvalue weighted by Crippen LogP contribution is 2.26. The van der Waals surface area contributed by atoms with E-state index in [1.54, 1.807) is 18.2 Å². The normalized spacial score (nSPS) is 12.0. The molecule has 2 rings (SSSR count). The lowest BCUT2D eigenvalue weighted by atomic mass is 9.92. The van der Waals surface area contributed by atoms with Crippen LogP contribution in [0.4, 0.5) is 5.69 Å². The Hall–Kier alpha value is -2.41.